The number of halogens is 4. The molecule has 0 aliphatic carbocycles. The Bertz CT molecular complexity index is 1610. The highest BCUT2D eigenvalue weighted by molar-refractivity contribution is 7.93. The number of nitrogens with zero attached hydrogens (tertiary/aromatic N) is 1. The zero-order chi connectivity index (χ0) is 31.2. The Labute approximate surface area is 245 Å². The maximum atomic E-state index is 13.6. The number of benzene rings is 3. The molecule has 0 saturated heterocycles. The second-order valence-corrected chi connectivity index (χ2v) is 11.1. The molecule has 0 saturated carbocycles. The number of anilines is 3. The first-order valence-corrected chi connectivity index (χ1v) is 13.9. The molecule has 0 radical (unpaired) electrons. The lowest BCUT2D eigenvalue weighted by molar-refractivity contribution is -0.137. The van der Waals surface area contributed by atoms with Gasteiger partial charge in [0, 0.05) is 18.3 Å². The van der Waals surface area contributed by atoms with Gasteiger partial charge in [-0.2, -0.15) is 13.2 Å². The average Bonchev–Trinajstić information content (AvgIpc) is 2.92. The molecular weight excluding hydrogens is 599 g/mol. The van der Waals surface area contributed by atoms with Crippen molar-refractivity contribution in [1.29, 1.82) is 0 Å². The molecule has 3 aromatic rings. The van der Waals surface area contributed by atoms with Crippen molar-refractivity contribution in [2.75, 3.05) is 21.5 Å². The molecule has 0 aliphatic rings. The zero-order valence-corrected chi connectivity index (χ0v) is 23.8. The summed E-state index contributed by atoms with van der Waals surface area (Å²) in [6, 6.07) is 13.1. The number of sulfonamides is 1. The molecule has 0 unspecified atom stereocenters. The van der Waals surface area contributed by atoms with Crippen LogP contribution in [0.2, 0.25) is 5.02 Å². The summed E-state index contributed by atoms with van der Waals surface area (Å²) in [4.78, 5) is 36.0. The van der Waals surface area contributed by atoms with Gasteiger partial charge in [0.2, 0.25) is 5.91 Å². The van der Waals surface area contributed by atoms with Gasteiger partial charge in [0.1, 0.15) is 4.90 Å². The van der Waals surface area contributed by atoms with Crippen molar-refractivity contribution in [3.8, 4) is 0 Å². The van der Waals surface area contributed by atoms with Gasteiger partial charge in [0.15, 0.2) is 6.10 Å². The van der Waals surface area contributed by atoms with Gasteiger partial charge in [-0.05, 0) is 67.6 Å². The number of nitrogens with one attached hydrogen (secondary N) is 2. The van der Waals surface area contributed by atoms with Crippen LogP contribution in [0.15, 0.2) is 84.3 Å². The molecule has 0 fully saturated rings. The summed E-state index contributed by atoms with van der Waals surface area (Å²) in [7, 11) is -4.61. The van der Waals surface area contributed by atoms with E-state index in [-0.39, 0.29) is 22.2 Å². The van der Waals surface area contributed by atoms with E-state index in [2.05, 4.69) is 17.2 Å². The van der Waals surface area contributed by atoms with E-state index in [0.717, 1.165) is 24.3 Å². The Morgan fingerprint density at radius 3 is 2.21 bits per heavy atom. The molecule has 42 heavy (non-hydrogen) atoms. The molecule has 3 rings (SSSR count). The summed E-state index contributed by atoms with van der Waals surface area (Å²) >= 11 is 6.16. The van der Waals surface area contributed by atoms with Crippen molar-refractivity contribution < 1.29 is 40.7 Å². The average molecular weight is 624 g/mol. The van der Waals surface area contributed by atoms with Gasteiger partial charge in [-0.1, -0.05) is 23.7 Å². The van der Waals surface area contributed by atoms with Crippen LogP contribution in [0.5, 0.6) is 0 Å². The van der Waals surface area contributed by atoms with Crippen molar-refractivity contribution in [2.24, 2.45) is 0 Å². The molecule has 0 spiro atoms. The molecule has 14 heteroatoms. The van der Waals surface area contributed by atoms with E-state index in [9.17, 15) is 36.0 Å². The number of hydrogen-bond donors (Lipinski definition) is 2. The van der Waals surface area contributed by atoms with Gasteiger partial charge >= 0.3 is 12.1 Å². The number of hydrogen-bond acceptors (Lipinski definition) is 6. The van der Waals surface area contributed by atoms with E-state index in [0.29, 0.717) is 21.7 Å². The van der Waals surface area contributed by atoms with Crippen molar-refractivity contribution in [1.82, 2.24) is 0 Å². The first kappa shape index (κ1) is 32.2. The quantitative estimate of drug-likeness (QED) is 0.215. The predicted octanol–water partition coefficient (Wildman–Crippen LogP) is 5.88. The summed E-state index contributed by atoms with van der Waals surface area (Å²) in [5.41, 5.74) is -0.783. The largest absolute Gasteiger partial charge is 0.449 e. The fraction of sp³-hybridized carbons (Fsp3) is 0.179. The van der Waals surface area contributed by atoms with Crippen LogP contribution in [-0.4, -0.2) is 38.9 Å². The number of amides is 2. The molecule has 9 nitrogen and oxygen atoms in total. The first-order valence-electron chi connectivity index (χ1n) is 12.1. The molecule has 2 amide bonds. The van der Waals surface area contributed by atoms with E-state index >= 15 is 0 Å². The zero-order valence-electron chi connectivity index (χ0n) is 22.2. The molecule has 0 aliphatic heterocycles. The van der Waals surface area contributed by atoms with E-state index in [1.165, 1.54) is 44.2 Å². The van der Waals surface area contributed by atoms with Gasteiger partial charge < -0.3 is 15.4 Å². The van der Waals surface area contributed by atoms with Crippen molar-refractivity contribution in [3.05, 3.63) is 95.5 Å². The van der Waals surface area contributed by atoms with Crippen LogP contribution in [0.4, 0.5) is 30.2 Å². The monoisotopic (exact) mass is 623 g/mol. The first-order chi connectivity index (χ1) is 19.6. The van der Waals surface area contributed by atoms with E-state index in [4.69, 9.17) is 16.3 Å². The standard InChI is InChI=1S/C28H25ClF3N3O6S/c1-4-14-35(23-7-5-6-20(16-23)28(30,31)32)42(39,40)25-15-19(8-13-24(25)29)27(38)41-17(2)26(37)34-22-11-9-21(10-12-22)33-18(3)36/h4-13,15-17H,1,14H2,2-3H3,(H,33,36)(H,34,37)/t17-/m0/s1. The lowest BCUT2D eigenvalue weighted by atomic mass is 10.2. The SMILES string of the molecule is C=CCN(c1cccc(C(F)(F)F)c1)S(=O)(=O)c1cc(C(=O)O[C@@H](C)C(=O)Nc2ccc(NC(C)=O)cc2)ccc1Cl. The Kier molecular flexibility index (Phi) is 10.0. The summed E-state index contributed by atoms with van der Waals surface area (Å²) in [5.74, 6) is -2.02. The normalized spacial score (nSPS) is 12.1. The van der Waals surface area contributed by atoms with Gasteiger partial charge in [0.05, 0.1) is 28.4 Å². The van der Waals surface area contributed by atoms with Gasteiger partial charge in [-0.3, -0.25) is 13.9 Å². The topological polar surface area (TPSA) is 122 Å². The minimum Gasteiger partial charge on any atom is -0.449 e. The van der Waals surface area contributed by atoms with Crippen LogP contribution in [0.3, 0.4) is 0 Å². The van der Waals surface area contributed by atoms with E-state index in [1.807, 2.05) is 0 Å². The maximum absolute atomic E-state index is 13.6. The second kappa shape index (κ2) is 13.1. The summed E-state index contributed by atoms with van der Waals surface area (Å²) in [6.45, 7) is 5.72. The number of carbonyl (C=O) groups excluding carboxylic acids is 3. The molecule has 222 valence electrons. The Morgan fingerprint density at radius 2 is 1.64 bits per heavy atom. The lowest BCUT2D eigenvalue weighted by Crippen LogP contribution is -2.32. The number of esters is 1. The highest BCUT2D eigenvalue weighted by Gasteiger charge is 2.33. The molecule has 0 heterocycles. The Hall–Kier alpha value is -4.36. The third-order valence-corrected chi connectivity index (χ3v) is 7.89. The highest BCUT2D eigenvalue weighted by Crippen LogP contribution is 2.34. The van der Waals surface area contributed by atoms with Gasteiger partial charge in [0.25, 0.3) is 15.9 Å². The van der Waals surface area contributed by atoms with Gasteiger partial charge in [-0.25, -0.2) is 13.2 Å². The summed E-state index contributed by atoms with van der Waals surface area (Å²) < 4.78 is 72.8. The van der Waals surface area contributed by atoms with Crippen LogP contribution in [0.25, 0.3) is 0 Å². The minimum absolute atomic E-state index is 0.269. The predicted molar refractivity (Wildman–Crippen MR) is 152 cm³/mol. The highest BCUT2D eigenvalue weighted by atomic mass is 35.5. The van der Waals surface area contributed by atoms with E-state index in [1.54, 1.807) is 12.1 Å². The number of ether oxygens (including phenoxy) is 1. The van der Waals surface area contributed by atoms with Crippen molar-refractivity contribution in [2.45, 2.75) is 31.0 Å². The molecule has 3 aromatic carbocycles. The number of alkyl halides is 3. The van der Waals surface area contributed by atoms with Crippen LogP contribution in [-0.2, 0) is 30.5 Å². The van der Waals surface area contributed by atoms with Crippen LogP contribution >= 0.6 is 11.6 Å². The minimum atomic E-state index is -4.72. The van der Waals surface area contributed by atoms with Crippen molar-refractivity contribution in [3.63, 3.8) is 0 Å². The molecular formula is C28H25ClF3N3O6S. The molecule has 0 bridgehead atoms. The maximum Gasteiger partial charge on any atom is 0.416 e. The molecule has 2 N–H and O–H groups in total. The van der Waals surface area contributed by atoms with Crippen LogP contribution in [0.1, 0.15) is 29.8 Å². The molecule has 1 atom stereocenters. The summed E-state index contributed by atoms with van der Waals surface area (Å²) in [5, 5.41) is 4.82. The third-order valence-electron chi connectivity index (χ3n) is 5.62. The van der Waals surface area contributed by atoms with Crippen LogP contribution in [0, 0.1) is 0 Å². The van der Waals surface area contributed by atoms with Crippen molar-refractivity contribution >= 4 is 56.5 Å². The third kappa shape index (κ3) is 7.89. The van der Waals surface area contributed by atoms with Gasteiger partial charge in [-0.15, -0.1) is 6.58 Å². The fourth-order valence-electron chi connectivity index (χ4n) is 3.61. The lowest BCUT2D eigenvalue weighted by Gasteiger charge is -2.24. The second-order valence-electron chi connectivity index (χ2n) is 8.81. The Morgan fingerprint density at radius 1 is 1.02 bits per heavy atom. The fourth-order valence-corrected chi connectivity index (χ4v) is 5.54. The van der Waals surface area contributed by atoms with E-state index < -0.39 is 51.2 Å². The number of carbonyl (C=O) groups is 3. The van der Waals surface area contributed by atoms with Crippen LogP contribution < -0.4 is 14.9 Å². The number of rotatable bonds is 10. The Balaban J connectivity index is 1.82. The summed E-state index contributed by atoms with van der Waals surface area (Å²) in [6.07, 6.45) is -4.86. The smallest absolute Gasteiger partial charge is 0.416 e. The molecule has 0 aromatic heterocycles.